The molecular weight excluding hydrogens is 420 g/mol. The average molecular weight is 455 g/mol. The van der Waals surface area contributed by atoms with E-state index in [2.05, 4.69) is 20.6 Å². The fourth-order valence-electron chi connectivity index (χ4n) is 3.90. The molecule has 1 fully saturated rings. The Kier molecular flexibility index (Phi) is 8.25. The Hall–Kier alpha value is -3.16. The molecule has 0 spiro atoms. The molecule has 1 saturated carbocycles. The zero-order chi connectivity index (χ0) is 23.8. The number of carbonyl (C=O) groups is 2. The van der Waals surface area contributed by atoms with Crippen molar-refractivity contribution in [3.05, 3.63) is 42.2 Å². The molecule has 0 unspecified atom stereocenters. The van der Waals surface area contributed by atoms with E-state index in [4.69, 9.17) is 9.47 Å². The summed E-state index contributed by atoms with van der Waals surface area (Å²) in [5.41, 5.74) is 1.60. The third kappa shape index (κ3) is 7.73. The molecule has 1 aliphatic rings. The van der Waals surface area contributed by atoms with Gasteiger partial charge in [0, 0.05) is 42.7 Å². The Morgan fingerprint density at radius 2 is 1.67 bits per heavy atom. The lowest BCUT2D eigenvalue weighted by Gasteiger charge is -2.29. The highest BCUT2D eigenvalue weighted by Gasteiger charge is 2.23. The van der Waals surface area contributed by atoms with Gasteiger partial charge in [0.2, 0.25) is 5.88 Å². The number of nitrogens with zero attached hydrogens (tertiary/aromatic N) is 2. The van der Waals surface area contributed by atoms with Crippen LogP contribution in [0, 0.1) is 11.8 Å². The van der Waals surface area contributed by atoms with Crippen LogP contribution in [-0.4, -0.2) is 47.8 Å². The van der Waals surface area contributed by atoms with Crippen molar-refractivity contribution >= 4 is 12.0 Å². The summed E-state index contributed by atoms with van der Waals surface area (Å²) >= 11 is 0. The van der Waals surface area contributed by atoms with E-state index < -0.39 is 5.60 Å². The molecule has 0 saturated heterocycles. The summed E-state index contributed by atoms with van der Waals surface area (Å²) in [6, 6.07) is 7.13. The molecule has 2 amide bonds. The number of ether oxygens (including phenoxy) is 2. The molecule has 0 aromatic carbocycles. The van der Waals surface area contributed by atoms with Crippen LogP contribution in [0.15, 0.2) is 36.7 Å². The predicted molar refractivity (Wildman–Crippen MR) is 126 cm³/mol. The van der Waals surface area contributed by atoms with Crippen LogP contribution in [-0.2, 0) is 4.74 Å². The van der Waals surface area contributed by atoms with Gasteiger partial charge in [0.1, 0.15) is 5.60 Å². The fraction of sp³-hybridized carbons (Fsp3) is 0.520. The number of methoxy groups -OCH3 is 1. The summed E-state index contributed by atoms with van der Waals surface area (Å²) in [5, 5.41) is 5.94. The van der Waals surface area contributed by atoms with Crippen molar-refractivity contribution in [2.24, 2.45) is 11.8 Å². The first-order valence-electron chi connectivity index (χ1n) is 11.4. The lowest BCUT2D eigenvalue weighted by molar-refractivity contribution is 0.0512. The molecule has 2 N–H and O–H groups in total. The van der Waals surface area contributed by atoms with Gasteiger partial charge in [-0.25, -0.2) is 9.78 Å². The minimum absolute atomic E-state index is 0.103. The largest absolute Gasteiger partial charge is 0.481 e. The van der Waals surface area contributed by atoms with Crippen molar-refractivity contribution in [3.8, 4) is 17.1 Å². The van der Waals surface area contributed by atoms with Crippen molar-refractivity contribution in [1.29, 1.82) is 0 Å². The quantitative estimate of drug-likeness (QED) is 0.650. The molecule has 1 aliphatic carbocycles. The normalized spacial score (nSPS) is 18.3. The molecule has 8 nitrogen and oxygen atoms in total. The van der Waals surface area contributed by atoms with Gasteiger partial charge in [-0.1, -0.05) is 0 Å². The monoisotopic (exact) mass is 454 g/mol. The Morgan fingerprint density at radius 1 is 1.00 bits per heavy atom. The summed E-state index contributed by atoms with van der Waals surface area (Å²) in [5.74, 6) is 1.32. The second-order valence-electron chi connectivity index (χ2n) is 9.50. The zero-order valence-electron chi connectivity index (χ0n) is 19.9. The molecule has 2 aromatic rings. The third-order valence-electron chi connectivity index (χ3n) is 5.71. The van der Waals surface area contributed by atoms with Gasteiger partial charge in [-0.05, 0) is 76.5 Å². The summed E-state index contributed by atoms with van der Waals surface area (Å²) in [4.78, 5) is 33.1. The molecule has 8 heteroatoms. The fourth-order valence-corrected chi connectivity index (χ4v) is 3.90. The molecule has 2 heterocycles. The van der Waals surface area contributed by atoms with Crippen LogP contribution in [0.4, 0.5) is 4.79 Å². The van der Waals surface area contributed by atoms with E-state index in [9.17, 15) is 9.59 Å². The third-order valence-corrected chi connectivity index (χ3v) is 5.71. The summed E-state index contributed by atoms with van der Waals surface area (Å²) < 4.78 is 10.4. The lowest BCUT2D eigenvalue weighted by Crippen LogP contribution is -2.37. The molecule has 0 bridgehead atoms. The second kappa shape index (κ2) is 11.1. The first-order chi connectivity index (χ1) is 15.7. The number of hydrogen-bond donors (Lipinski definition) is 2. The summed E-state index contributed by atoms with van der Waals surface area (Å²) in [7, 11) is 1.57. The second-order valence-corrected chi connectivity index (χ2v) is 9.50. The van der Waals surface area contributed by atoms with Crippen molar-refractivity contribution in [2.45, 2.75) is 52.1 Å². The predicted octanol–water partition coefficient (Wildman–Crippen LogP) is 4.21. The maximum absolute atomic E-state index is 12.7. The first kappa shape index (κ1) is 24.5. The Balaban J connectivity index is 1.43. The van der Waals surface area contributed by atoms with Crippen LogP contribution in [0.5, 0.6) is 5.88 Å². The molecular formula is C25H34N4O4. The summed E-state index contributed by atoms with van der Waals surface area (Å²) in [6.45, 7) is 6.85. The van der Waals surface area contributed by atoms with E-state index in [0.29, 0.717) is 42.1 Å². The van der Waals surface area contributed by atoms with Crippen LogP contribution < -0.4 is 15.4 Å². The standard InChI is InChI=1S/C25H34N4O4/c1-25(2,3)33-24(31)29-15-18-7-5-17(6-8-18)14-28-23(30)19-11-12-26-21(13-19)20-9-10-22(32-4)27-16-20/h9-13,16-18H,5-8,14-15H2,1-4H3,(H,28,30)(H,29,31). The first-order valence-corrected chi connectivity index (χ1v) is 11.4. The van der Waals surface area contributed by atoms with Gasteiger partial charge >= 0.3 is 6.09 Å². The van der Waals surface area contributed by atoms with Crippen molar-refractivity contribution in [2.75, 3.05) is 20.2 Å². The van der Waals surface area contributed by atoms with Gasteiger partial charge in [-0.3, -0.25) is 9.78 Å². The Morgan fingerprint density at radius 3 is 2.24 bits per heavy atom. The number of pyridine rings is 2. The molecule has 0 radical (unpaired) electrons. The number of nitrogens with one attached hydrogen (secondary N) is 2. The van der Waals surface area contributed by atoms with Crippen LogP contribution in [0.1, 0.15) is 56.8 Å². The van der Waals surface area contributed by atoms with Gasteiger partial charge in [0.25, 0.3) is 5.91 Å². The van der Waals surface area contributed by atoms with E-state index in [1.807, 2.05) is 26.8 Å². The van der Waals surface area contributed by atoms with E-state index in [-0.39, 0.29) is 12.0 Å². The topological polar surface area (TPSA) is 102 Å². The van der Waals surface area contributed by atoms with E-state index in [0.717, 1.165) is 31.2 Å². The SMILES string of the molecule is COc1ccc(-c2cc(C(=O)NCC3CCC(CNC(=O)OC(C)(C)C)CC3)ccn2)cn1. The molecule has 0 atom stereocenters. The van der Waals surface area contributed by atoms with Gasteiger partial charge in [-0.2, -0.15) is 0 Å². The highest BCUT2D eigenvalue weighted by molar-refractivity contribution is 5.95. The number of amides is 2. The van der Waals surface area contributed by atoms with Crippen molar-refractivity contribution < 1.29 is 19.1 Å². The van der Waals surface area contributed by atoms with Gasteiger partial charge in [0.15, 0.2) is 0 Å². The van der Waals surface area contributed by atoms with E-state index in [1.54, 1.807) is 37.7 Å². The maximum atomic E-state index is 12.7. The number of alkyl carbamates (subject to hydrolysis) is 1. The minimum atomic E-state index is -0.485. The molecule has 33 heavy (non-hydrogen) atoms. The highest BCUT2D eigenvalue weighted by atomic mass is 16.6. The van der Waals surface area contributed by atoms with Gasteiger partial charge in [0.05, 0.1) is 12.8 Å². The molecule has 3 rings (SSSR count). The number of rotatable bonds is 7. The Bertz CT molecular complexity index is 932. The Labute approximate surface area is 195 Å². The highest BCUT2D eigenvalue weighted by Crippen LogP contribution is 2.28. The summed E-state index contributed by atoms with van der Waals surface area (Å²) in [6.07, 6.45) is 7.07. The maximum Gasteiger partial charge on any atom is 0.407 e. The molecule has 178 valence electrons. The van der Waals surface area contributed by atoms with E-state index >= 15 is 0 Å². The number of hydrogen-bond acceptors (Lipinski definition) is 6. The smallest absolute Gasteiger partial charge is 0.407 e. The minimum Gasteiger partial charge on any atom is -0.481 e. The van der Waals surface area contributed by atoms with Crippen LogP contribution in [0.25, 0.3) is 11.3 Å². The van der Waals surface area contributed by atoms with E-state index in [1.165, 1.54) is 0 Å². The number of carbonyl (C=O) groups excluding carboxylic acids is 2. The van der Waals surface area contributed by atoms with Gasteiger partial charge < -0.3 is 20.1 Å². The van der Waals surface area contributed by atoms with Crippen molar-refractivity contribution in [3.63, 3.8) is 0 Å². The van der Waals surface area contributed by atoms with Crippen molar-refractivity contribution in [1.82, 2.24) is 20.6 Å². The van der Waals surface area contributed by atoms with Gasteiger partial charge in [-0.15, -0.1) is 0 Å². The number of aromatic nitrogens is 2. The lowest BCUT2D eigenvalue weighted by atomic mass is 9.82. The molecule has 0 aliphatic heterocycles. The zero-order valence-corrected chi connectivity index (χ0v) is 19.9. The van der Waals surface area contributed by atoms with Crippen LogP contribution in [0.2, 0.25) is 0 Å². The molecule has 2 aromatic heterocycles. The average Bonchev–Trinajstić information content (AvgIpc) is 2.81. The van der Waals surface area contributed by atoms with Crippen LogP contribution in [0.3, 0.4) is 0 Å². The van der Waals surface area contributed by atoms with Crippen LogP contribution >= 0.6 is 0 Å².